The molecule has 1 saturated heterocycles. The second-order valence-corrected chi connectivity index (χ2v) is 4.72. The number of benzene rings is 1. The van der Waals surface area contributed by atoms with E-state index in [9.17, 15) is 17.6 Å². The number of pyridine rings is 1. The average molecular weight is 299 g/mol. The van der Waals surface area contributed by atoms with Crippen LogP contribution >= 0.6 is 0 Å². The topological polar surface area (TPSA) is 45.6 Å². The van der Waals surface area contributed by atoms with Crippen molar-refractivity contribution in [2.24, 2.45) is 0 Å². The number of hydrogen-bond acceptors (Lipinski definition) is 3. The van der Waals surface area contributed by atoms with Crippen LogP contribution in [0.15, 0.2) is 36.5 Å². The first-order chi connectivity index (χ1) is 9.87. The zero-order valence-electron chi connectivity index (χ0n) is 10.5. The van der Waals surface area contributed by atoms with Gasteiger partial charge in [-0.25, -0.2) is 8.78 Å². The number of halogens is 4. The van der Waals surface area contributed by atoms with E-state index in [-0.39, 0.29) is 5.75 Å². The molecule has 0 bridgehead atoms. The van der Waals surface area contributed by atoms with Crippen LogP contribution in [0.3, 0.4) is 0 Å². The number of alkyl halides is 2. The van der Waals surface area contributed by atoms with E-state index < -0.39 is 41.0 Å². The second kappa shape index (κ2) is 4.42. The fourth-order valence-corrected chi connectivity index (χ4v) is 2.17. The van der Waals surface area contributed by atoms with Gasteiger partial charge in [0.2, 0.25) is 0 Å². The Kier molecular flexibility index (Phi) is 2.91. The van der Waals surface area contributed by atoms with Gasteiger partial charge in [-0.05, 0) is 24.3 Å². The number of aromatic nitrogens is 1. The number of nitrogens with zero attached hydrogens (tertiary/aromatic N) is 1. The minimum atomic E-state index is -3.63. The SMILES string of the molecule is Oc1ccc(C(F)(F)C2(c3ccc(F)cc3F)CO2)nc1. The van der Waals surface area contributed by atoms with E-state index in [1.54, 1.807) is 0 Å². The molecule has 0 saturated carbocycles. The fraction of sp³-hybridized carbons (Fsp3) is 0.214. The number of epoxide rings is 1. The molecule has 1 atom stereocenters. The summed E-state index contributed by atoms with van der Waals surface area (Å²) >= 11 is 0. The summed E-state index contributed by atoms with van der Waals surface area (Å²) in [6, 6.07) is 4.33. The third-order valence-electron chi connectivity index (χ3n) is 3.38. The molecule has 110 valence electrons. The van der Waals surface area contributed by atoms with Crippen LogP contribution in [0.4, 0.5) is 17.6 Å². The van der Waals surface area contributed by atoms with Gasteiger partial charge in [-0.1, -0.05) is 0 Å². The van der Waals surface area contributed by atoms with Crippen LogP contribution in [0.25, 0.3) is 0 Å². The van der Waals surface area contributed by atoms with Crippen molar-refractivity contribution in [1.82, 2.24) is 4.98 Å². The standard InChI is InChI=1S/C14H9F4NO2/c15-8-1-3-10(11(16)5-8)13(7-21-13)14(17,18)12-4-2-9(20)6-19-12/h1-6,20H,7H2. The summed E-state index contributed by atoms with van der Waals surface area (Å²) in [4.78, 5) is 3.45. The molecule has 0 radical (unpaired) electrons. The minimum Gasteiger partial charge on any atom is -0.506 e. The smallest absolute Gasteiger partial charge is 0.324 e. The molecule has 7 heteroatoms. The molecule has 0 amide bonds. The first-order valence-corrected chi connectivity index (χ1v) is 6.00. The highest BCUT2D eigenvalue weighted by Crippen LogP contribution is 2.56. The van der Waals surface area contributed by atoms with Crippen LogP contribution in [0.2, 0.25) is 0 Å². The minimum absolute atomic E-state index is 0.270. The van der Waals surface area contributed by atoms with Gasteiger partial charge in [0.05, 0.1) is 12.8 Å². The van der Waals surface area contributed by atoms with Gasteiger partial charge in [0, 0.05) is 11.6 Å². The highest BCUT2D eigenvalue weighted by atomic mass is 19.3. The quantitative estimate of drug-likeness (QED) is 0.700. The Labute approximate surface area is 116 Å². The third kappa shape index (κ3) is 2.04. The molecule has 1 aliphatic rings. The van der Waals surface area contributed by atoms with Crippen molar-refractivity contribution in [3.05, 3.63) is 59.4 Å². The lowest BCUT2D eigenvalue weighted by molar-refractivity contribution is -0.0902. The molecule has 21 heavy (non-hydrogen) atoms. The Morgan fingerprint density at radius 2 is 1.90 bits per heavy atom. The van der Waals surface area contributed by atoms with Crippen molar-refractivity contribution >= 4 is 0 Å². The summed E-state index contributed by atoms with van der Waals surface area (Å²) in [5.41, 5.74) is -3.29. The molecule has 1 aromatic heterocycles. The molecule has 1 aromatic carbocycles. The van der Waals surface area contributed by atoms with E-state index in [2.05, 4.69) is 4.98 Å². The predicted molar refractivity (Wildman–Crippen MR) is 63.8 cm³/mol. The molecular formula is C14H9F4NO2. The van der Waals surface area contributed by atoms with E-state index in [0.29, 0.717) is 6.07 Å². The maximum atomic E-state index is 14.6. The van der Waals surface area contributed by atoms with Gasteiger partial charge in [0.15, 0.2) is 5.60 Å². The molecule has 2 heterocycles. The normalized spacial score (nSPS) is 21.3. The van der Waals surface area contributed by atoms with E-state index in [1.165, 1.54) is 0 Å². The van der Waals surface area contributed by atoms with Crippen LogP contribution in [0.5, 0.6) is 5.75 Å². The zero-order valence-corrected chi connectivity index (χ0v) is 10.5. The van der Waals surface area contributed by atoms with Crippen LogP contribution in [0, 0.1) is 11.6 Å². The summed E-state index contributed by atoms with van der Waals surface area (Å²) in [7, 11) is 0. The lowest BCUT2D eigenvalue weighted by Crippen LogP contribution is -2.34. The van der Waals surface area contributed by atoms with E-state index in [4.69, 9.17) is 9.84 Å². The van der Waals surface area contributed by atoms with Crippen molar-refractivity contribution in [2.45, 2.75) is 11.5 Å². The Hall–Kier alpha value is -2.15. The molecule has 3 nitrogen and oxygen atoms in total. The second-order valence-electron chi connectivity index (χ2n) is 4.72. The fourth-order valence-electron chi connectivity index (χ4n) is 2.17. The van der Waals surface area contributed by atoms with Gasteiger partial charge in [-0.15, -0.1) is 0 Å². The summed E-state index contributed by atoms with van der Waals surface area (Å²) < 4.78 is 60.7. The van der Waals surface area contributed by atoms with Gasteiger partial charge in [0.25, 0.3) is 0 Å². The summed E-state index contributed by atoms with van der Waals surface area (Å²) in [6.07, 6.45) is 0.861. The molecule has 1 N–H and O–H groups in total. The van der Waals surface area contributed by atoms with Crippen molar-refractivity contribution in [1.29, 1.82) is 0 Å². The summed E-state index contributed by atoms with van der Waals surface area (Å²) in [5, 5.41) is 9.09. The molecule has 2 aromatic rings. The zero-order chi connectivity index (χ0) is 15.3. The van der Waals surface area contributed by atoms with Gasteiger partial charge in [0.1, 0.15) is 23.1 Å². The molecule has 0 spiro atoms. The van der Waals surface area contributed by atoms with Crippen molar-refractivity contribution in [2.75, 3.05) is 6.61 Å². The molecule has 1 aliphatic heterocycles. The molecule has 3 rings (SSSR count). The number of hydrogen-bond donors (Lipinski definition) is 1. The Balaban J connectivity index is 2.06. The lowest BCUT2D eigenvalue weighted by Gasteiger charge is -2.24. The average Bonchev–Trinajstić information content (AvgIpc) is 3.21. The highest BCUT2D eigenvalue weighted by molar-refractivity contribution is 5.35. The van der Waals surface area contributed by atoms with Crippen molar-refractivity contribution < 1.29 is 27.4 Å². The number of rotatable bonds is 3. The van der Waals surface area contributed by atoms with Crippen LogP contribution < -0.4 is 0 Å². The van der Waals surface area contributed by atoms with E-state index >= 15 is 0 Å². The van der Waals surface area contributed by atoms with Crippen LogP contribution in [0.1, 0.15) is 11.3 Å². The van der Waals surface area contributed by atoms with Gasteiger partial charge < -0.3 is 9.84 Å². The lowest BCUT2D eigenvalue weighted by atomic mass is 9.90. The largest absolute Gasteiger partial charge is 0.506 e. The van der Waals surface area contributed by atoms with E-state index in [1.807, 2.05) is 0 Å². The highest BCUT2D eigenvalue weighted by Gasteiger charge is 2.68. The van der Waals surface area contributed by atoms with E-state index in [0.717, 1.165) is 30.5 Å². The Morgan fingerprint density at radius 1 is 1.19 bits per heavy atom. The maximum Gasteiger partial charge on any atom is 0.324 e. The van der Waals surface area contributed by atoms with Crippen molar-refractivity contribution in [3.63, 3.8) is 0 Å². The predicted octanol–water partition coefficient (Wildman–Crippen LogP) is 3.08. The first kappa shape index (κ1) is 13.8. The van der Waals surface area contributed by atoms with Crippen molar-refractivity contribution in [3.8, 4) is 5.75 Å². The first-order valence-electron chi connectivity index (χ1n) is 6.00. The van der Waals surface area contributed by atoms with Gasteiger partial charge in [-0.3, -0.25) is 4.98 Å². The third-order valence-corrected chi connectivity index (χ3v) is 3.38. The van der Waals surface area contributed by atoms with Crippen LogP contribution in [-0.4, -0.2) is 16.7 Å². The van der Waals surface area contributed by atoms with Gasteiger partial charge >= 0.3 is 5.92 Å². The molecular weight excluding hydrogens is 290 g/mol. The maximum absolute atomic E-state index is 14.6. The summed E-state index contributed by atoms with van der Waals surface area (Å²) in [6.45, 7) is -0.412. The van der Waals surface area contributed by atoms with Crippen LogP contribution in [-0.2, 0) is 16.3 Å². The molecule has 1 fully saturated rings. The molecule has 0 aliphatic carbocycles. The molecule has 1 unspecified atom stereocenters. The van der Waals surface area contributed by atoms with Gasteiger partial charge in [-0.2, -0.15) is 8.78 Å². The Morgan fingerprint density at radius 3 is 2.43 bits per heavy atom. The summed E-state index contributed by atoms with van der Waals surface area (Å²) in [5.74, 6) is -5.86. The monoisotopic (exact) mass is 299 g/mol. The Bertz CT molecular complexity index is 684. The number of ether oxygens (including phenoxy) is 1. The number of aromatic hydroxyl groups is 1.